The number of carbonyl (C=O) groups excluding carboxylic acids is 2. The van der Waals surface area contributed by atoms with Gasteiger partial charge in [0.15, 0.2) is 6.61 Å². The van der Waals surface area contributed by atoms with Gasteiger partial charge in [0.2, 0.25) is 5.91 Å². The van der Waals surface area contributed by atoms with Crippen molar-refractivity contribution in [2.45, 2.75) is 58.7 Å². The first-order valence-corrected chi connectivity index (χ1v) is 13.3. The molecule has 0 fully saturated rings. The number of hydrogen-bond donors (Lipinski definition) is 1. The van der Waals surface area contributed by atoms with Gasteiger partial charge >= 0.3 is 0 Å². The van der Waals surface area contributed by atoms with E-state index in [4.69, 9.17) is 4.74 Å². The summed E-state index contributed by atoms with van der Waals surface area (Å²) in [6, 6.07) is 24.7. The van der Waals surface area contributed by atoms with Gasteiger partial charge in [-0.25, -0.2) is 0 Å². The van der Waals surface area contributed by atoms with Crippen LogP contribution in [0.5, 0.6) is 5.75 Å². The fourth-order valence-electron chi connectivity index (χ4n) is 3.83. The van der Waals surface area contributed by atoms with E-state index >= 15 is 0 Å². The number of amides is 2. The fraction of sp³-hybridized carbons (Fsp3) is 0.333. The molecule has 0 spiro atoms. The third-order valence-corrected chi connectivity index (χ3v) is 6.76. The van der Waals surface area contributed by atoms with Crippen LogP contribution in [0.25, 0.3) is 0 Å². The van der Waals surface area contributed by atoms with Crippen LogP contribution in [0.2, 0.25) is 0 Å². The zero-order chi connectivity index (χ0) is 25.9. The predicted octanol–water partition coefficient (Wildman–Crippen LogP) is 5.95. The normalized spacial score (nSPS) is 12.4. The van der Waals surface area contributed by atoms with Gasteiger partial charge in [0, 0.05) is 23.5 Å². The minimum atomic E-state index is -0.677. The zero-order valence-electron chi connectivity index (χ0n) is 21.2. The van der Waals surface area contributed by atoms with Crippen molar-refractivity contribution in [3.63, 3.8) is 0 Å². The molecular formula is C30H35BrN2O3. The molecule has 1 N–H and O–H groups in total. The smallest absolute Gasteiger partial charge is 0.261 e. The van der Waals surface area contributed by atoms with Crippen molar-refractivity contribution < 1.29 is 14.3 Å². The van der Waals surface area contributed by atoms with Crippen LogP contribution in [0.4, 0.5) is 0 Å². The van der Waals surface area contributed by atoms with Gasteiger partial charge in [-0.2, -0.15) is 0 Å². The molecule has 0 saturated carbocycles. The molecular weight excluding hydrogens is 516 g/mol. The van der Waals surface area contributed by atoms with Gasteiger partial charge in [0.1, 0.15) is 11.8 Å². The van der Waals surface area contributed by atoms with Gasteiger partial charge in [-0.05, 0) is 60.7 Å². The second kappa shape index (κ2) is 13.8. The van der Waals surface area contributed by atoms with E-state index in [1.54, 1.807) is 4.90 Å². The standard InChI is InChI=1S/C30H35BrN2O3/c1-4-22(3)32-30(35)28(19-24-9-7-6-8-10-24)33(20-25-11-15-26(31)16-12-25)29(34)21-36-27-17-13-23(5-2)14-18-27/h6-18,22,28H,4-5,19-21H2,1-3H3,(H,32,35). The van der Waals surface area contributed by atoms with E-state index in [9.17, 15) is 9.59 Å². The molecule has 3 aromatic rings. The molecule has 5 nitrogen and oxygen atoms in total. The van der Waals surface area contributed by atoms with Crippen molar-refractivity contribution in [3.8, 4) is 5.75 Å². The number of nitrogens with one attached hydrogen (secondary N) is 1. The van der Waals surface area contributed by atoms with E-state index in [1.807, 2.05) is 92.7 Å². The minimum Gasteiger partial charge on any atom is -0.484 e. The topological polar surface area (TPSA) is 58.6 Å². The summed E-state index contributed by atoms with van der Waals surface area (Å²) in [4.78, 5) is 28.8. The number of benzene rings is 3. The first-order valence-electron chi connectivity index (χ1n) is 12.5. The van der Waals surface area contributed by atoms with E-state index in [2.05, 4.69) is 28.2 Å². The maximum absolute atomic E-state index is 13.6. The average Bonchev–Trinajstić information content (AvgIpc) is 2.91. The SMILES string of the molecule is CCc1ccc(OCC(=O)N(Cc2ccc(Br)cc2)C(Cc2ccccc2)C(=O)NC(C)CC)cc1. The highest BCUT2D eigenvalue weighted by Gasteiger charge is 2.31. The quantitative estimate of drug-likeness (QED) is 0.303. The lowest BCUT2D eigenvalue weighted by atomic mass is 10.0. The number of nitrogens with zero attached hydrogens (tertiary/aromatic N) is 1. The molecule has 0 bridgehead atoms. The lowest BCUT2D eigenvalue weighted by Gasteiger charge is -2.32. The van der Waals surface area contributed by atoms with Crippen LogP contribution in [-0.2, 0) is 29.0 Å². The van der Waals surface area contributed by atoms with Crippen molar-refractivity contribution in [2.24, 2.45) is 0 Å². The number of hydrogen-bond acceptors (Lipinski definition) is 3. The van der Waals surface area contributed by atoms with Gasteiger partial charge < -0.3 is 15.0 Å². The van der Waals surface area contributed by atoms with E-state index in [0.29, 0.717) is 18.7 Å². The molecule has 2 unspecified atom stereocenters. The number of ether oxygens (including phenoxy) is 1. The number of rotatable bonds is 12. The highest BCUT2D eigenvalue weighted by molar-refractivity contribution is 9.10. The Labute approximate surface area is 223 Å². The van der Waals surface area contributed by atoms with Crippen molar-refractivity contribution in [3.05, 3.63) is 100 Å². The number of halogens is 1. The Hall–Kier alpha value is -3.12. The van der Waals surface area contributed by atoms with Gasteiger partial charge in [0.25, 0.3) is 5.91 Å². The highest BCUT2D eigenvalue weighted by Crippen LogP contribution is 2.18. The number of aryl methyl sites for hydroxylation is 1. The van der Waals surface area contributed by atoms with E-state index in [1.165, 1.54) is 5.56 Å². The van der Waals surface area contributed by atoms with Crippen LogP contribution in [0, 0.1) is 0 Å². The molecule has 190 valence electrons. The van der Waals surface area contributed by atoms with Crippen LogP contribution < -0.4 is 10.1 Å². The van der Waals surface area contributed by atoms with Crippen LogP contribution in [-0.4, -0.2) is 35.4 Å². The summed E-state index contributed by atoms with van der Waals surface area (Å²) in [5, 5.41) is 3.09. The highest BCUT2D eigenvalue weighted by atomic mass is 79.9. The first-order chi connectivity index (χ1) is 17.4. The molecule has 3 aromatic carbocycles. The molecule has 0 aliphatic rings. The Kier molecular flexibility index (Phi) is 10.6. The van der Waals surface area contributed by atoms with Crippen molar-refractivity contribution in [2.75, 3.05) is 6.61 Å². The second-order valence-electron chi connectivity index (χ2n) is 8.96. The predicted molar refractivity (Wildman–Crippen MR) is 148 cm³/mol. The Balaban J connectivity index is 1.88. The lowest BCUT2D eigenvalue weighted by Crippen LogP contribution is -2.53. The molecule has 0 aliphatic heterocycles. The van der Waals surface area contributed by atoms with Gasteiger partial charge in [-0.1, -0.05) is 84.4 Å². The summed E-state index contributed by atoms with van der Waals surface area (Å²) in [5.41, 5.74) is 3.13. The van der Waals surface area contributed by atoms with Crippen LogP contribution >= 0.6 is 15.9 Å². The molecule has 2 atom stereocenters. The van der Waals surface area contributed by atoms with E-state index < -0.39 is 6.04 Å². The Morgan fingerprint density at radius 3 is 2.14 bits per heavy atom. The monoisotopic (exact) mass is 550 g/mol. The van der Waals surface area contributed by atoms with E-state index in [-0.39, 0.29) is 24.5 Å². The Morgan fingerprint density at radius 2 is 1.53 bits per heavy atom. The maximum atomic E-state index is 13.6. The molecule has 36 heavy (non-hydrogen) atoms. The molecule has 0 aromatic heterocycles. The first kappa shape index (κ1) is 27.5. The lowest BCUT2D eigenvalue weighted by molar-refractivity contribution is -0.143. The van der Waals surface area contributed by atoms with Gasteiger partial charge in [0.05, 0.1) is 0 Å². The summed E-state index contributed by atoms with van der Waals surface area (Å²) in [7, 11) is 0. The van der Waals surface area contributed by atoms with Crippen molar-refractivity contribution in [1.82, 2.24) is 10.2 Å². The molecule has 3 rings (SSSR count). The molecule has 0 radical (unpaired) electrons. The minimum absolute atomic E-state index is 0.00809. The second-order valence-corrected chi connectivity index (χ2v) is 9.87. The molecule has 6 heteroatoms. The molecule has 0 saturated heterocycles. The third-order valence-electron chi connectivity index (χ3n) is 6.23. The fourth-order valence-corrected chi connectivity index (χ4v) is 4.10. The Morgan fingerprint density at radius 1 is 0.889 bits per heavy atom. The van der Waals surface area contributed by atoms with Crippen molar-refractivity contribution >= 4 is 27.7 Å². The van der Waals surface area contributed by atoms with Crippen LogP contribution in [0.15, 0.2) is 83.3 Å². The summed E-state index contributed by atoms with van der Waals surface area (Å²) < 4.78 is 6.81. The van der Waals surface area contributed by atoms with Crippen LogP contribution in [0.1, 0.15) is 43.9 Å². The largest absolute Gasteiger partial charge is 0.484 e. The average molecular weight is 552 g/mol. The van der Waals surface area contributed by atoms with Gasteiger partial charge in [-0.3, -0.25) is 9.59 Å². The molecule has 0 heterocycles. The molecule has 2 amide bonds. The zero-order valence-corrected chi connectivity index (χ0v) is 22.8. The third kappa shape index (κ3) is 8.23. The number of carbonyl (C=O) groups is 2. The van der Waals surface area contributed by atoms with Crippen LogP contribution in [0.3, 0.4) is 0 Å². The van der Waals surface area contributed by atoms with E-state index in [0.717, 1.165) is 28.4 Å². The molecule has 0 aliphatic carbocycles. The summed E-state index contributed by atoms with van der Waals surface area (Å²) in [5.74, 6) is 0.233. The van der Waals surface area contributed by atoms with Gasteiger partial charge in [-0.15, -0.1) is 0 Å². The Bertz CT molecular complexity index is 1100. The maximum Gasteiger partial charge on any atom is 0.261 e. The summed E-state index contributed by atoms with van der Waals surface area (Å²) >= 11 is 3.47. The summed E-state index contributed by atoms with van der Waals surface area (Å²) in [6.07, 6.45) is 2.16. The van der Waals surface area contributed by atoms with Crippen molar-refractivity contribution in [1.29, 1.82) is 0 Å². The summed E-state index contributed by atoms with van der Waals surface area (Å²) in [6.45, 7) is 6.25.